The summed E-state index contributed by atoms with van der Waals surface area (Å²) in [5.41, 5.74) is 1.94. The van der Waals surface area contributed by atoms with Gasteiger partial charge in [-0.15, -0.1) is 0 Å². The molecule has 0 fully saturated rings. The highest BCUT2D eigenvalue weighted by molar-refractivity contribution is 6.42. The van der Waals surface area contributed by atoms with E-state index in [4.69, 9.17) is 27.9 Å². The lowest BCUT2D eigenvalue weighted by Crippen LogP contribution is -2.02. The van der Waals surface area contributed by atoms with Crippen LogP contribution in [0.1, 0.15) is 10.5 Å². The number of nitrogens with zero attached hydrogens (tertiary/aromatic N) is 2. The van der Waals surface area contributed by atoms with Crippen molar-refractivity contribution in [2.24, 2.45) is 0 Å². The van der Waals surface area contributed by atoms with Crippen LogP contribution < -0.4 is 4.74 Å². The molecule has 0 aliphatic carbocycles. The Kier molecular flexibility index (Phi) is 4.46. The summed E-state index contributed by atoms with van der Waals surface area (Å²) in [4.78, 5) is 11.3. The maximum Gasteiger partial charge on any atom is 0.356 e. The van der Waals surface area contributed by atoms with Gasteiger partial charge < -0.3 is 9.84 Å². The van der Waals surface area contributed by atoms with E-state index in [1.54, 1.807) is 54.3 Å². The summed E-state index contributed by atoms with van der Waals surface area (Å²) < 4.78 is 6.68. The second-order valence-corrected chi connectivity index (χ2v) is 5.77. The number of aromatic carboxylic acids is 1. The Morgan fingerprint density at radius 2 is 1.79 bits per heavy atom. The second-order valence-electron chi connectivity index (χ2n) is 4.96. The molecule has 1 aromatic heterocycles. The molecule has 0 aliphatic heterocycles. The first-order valence-corrected chi connectivity index (χ1v) is 7.68. The standard InChI is InChI=1S/C17H12Cl2N2O3/c1-24-12-5-3-11(4-6-12)21-16(9-15(20-21)17(22)23)10-2-7-13(18)14(19)8-10/h2-9H,1H3,(H,22,23). The Labute approximate surface area is 148 Å². The molecule has 7 heteroatoms. The summed E-state index contributed by atoms with van der Waals surface area (Å²) in [5.74, 6) is -0.413. The number of carboxylic acid groups (broad SMARTS) is 1. The number of halogens is 2. The number of hydrogen-bond donors (Lipinski definition) is 1. The first-order chi connectivity index (χ1) is 11.5. The summed E-state index contributed by atoms with van der Waals surface area (Å²) in [5, 5.41) is 14.2. The molecule has 3 aromatic rings. The molecule has 0 bridgehead atoms. The molecular weight excluding hydrogens is 351 g/mol. The van der Waals surface area contributed by atoms with E-state index >= 15 is 0 Å². The maximum atomic E-state index is 11.3. The van der Waals surface area contributed by atoms with Crippen LogP contribution in [0.4, 0.5) is 0 Å². The van der Waals surface area contributed by atoms with E-state index < -0.39 is 5.97 Å². The van der Waals surface area contributed by atoms with E-state index in [0.29, 0.717) is 32.7 Å². The number of carbonyl (C=O) groups is 1. The molecule has 122 valence electrons. The number of carboxylic acids is 1. The summed E-state index contributed by atoms with van der Waals surface area (Å²) in [7, 11) is 1.58. The van der Waals surface area contributed by atoms with Gasteiger partial charge in [-0.05, 0) is 42.5 Å². The first kappa shape index (κ1) is 16.4. The third-order valence-corrected chi connectivity index (χ3v) is 4.20. The molecule has 0 saturated carbocycles. The largest absolute Gasteiger partial charge is 0.497 e. The number of rotatable bonds is 4. The van der Waals surface area contributed by atoms with Gasteiger partial charge in [-0.1, -0.05) is 29.3 Å². The zero-order valence-corrected chi connectivity index (χ0v) is 14.0. The summed E-state index contributed by atoms with van der Waals surface area (Å²) in [6.07, 6.45) is 0. The van der Waals surface area contributed by atoms with Crippen LogP contribution in [0.2, 0.25) is 10.0 Å². The number of ether oxygens (including phenoxy) is 1. The normalized spacial score (nSPS) is 10.6. The number of methoxy groups -OCH3 is 1. The Morgan fingerprint density at radius 1 is 1.08 bits per heavy atom. The highest BCUT2D eigenvalue weighted by atomic mass is 35.5. The van der Waals surface area contributed by atoms with E-state index in [1.807, 2.05) is 0 Å². The van der Waals surface area contributed by atoms with Gasteiger partial charge >= 0.3 is 5.97 Å². The van der Waals surface area contributed by atoms with Crippen molar-refractivity contribution < 1.29 is 14.6 Å². The average molecular weight is 363 g/mol. The van der Waals surface area contributed by atoms with Gasteiger partial charge in [-0.25, -0.2) is 9.48 Å². The van der Waals surface area contributed by atoms with Gasteiger partial charge in [0, 0.05) is 5.56 Å². The molecule has 0 unspecified atom stereocenters. The molecule has 0 atom stereocenters. The van der Waals surface area contributed by atoms with Crippen LogP contribution in [0.3, 0.4) is 0 Å². The number of hydrogen-bond acceptors (Lipinski definition) is 3. The lowest BCUT2D eigenvalue weighted by atomic mass is 10.1. The van der Waals surface area contributed by atoms with Crippen molar-refractivity contribution in [2.75, 3.05) is 7.11 Å². The van der Waals surface area contributed by atoms with E-state index in [2.05, 4.69) is 5.10 Å². The Morgan fingerprint density at radius 3 is 2.38 bits per heavy atom. The molecule has 5 nitrogen and oxygen atoms in total. The highest BCUT2D eigenvalue weighted by Gasteiger charge is 2.16. The minimum atomic E-state index is -1.11. The molecule has 2 aromatic carbocycles. The van der Waals surface area contributed by atoms with Crippen LogP contribution >= 0.6 is 23.2 Å². The molecular formula is C17H12Cl2N2O3. The van der Waals surface area contributed by atoms with Crippen molar-refractivity contribution in [1.29, 1.82) is 0 Å². The summed E-state index contributed by atoms with van der Waals surface area (Å²) in [6.45, 7) is 0. The third-order valence-electron chi connectivity index (χ3n) is 3.46. The van der Waals surface area contributed by atoms with Gasteiger partial charge in [-0.3, -0.25) is 0 Å². The smallest absolute Gasteiger partial charge is 0.356 e. The van der Waals surface area contributed by atoms with Crippen molar-refractivity contribution in [3.8, 4) is 22.7 Å². The van der Waals surface area contributed by atoms with Crippen LogP contribution in [0.5, 0.6) is 5.75 Å². The molecule has 0 aliphatic rings. The lowest BCUT2D eigenvalue weighted by molar-refractivity contribution is 0.0690. The number of aromatic nitrogens is 2. The predicted molar refractivity (Wildman–Crippen MR) is 92.5 cm³/mol. The van der Waals surface area contributed by atoms with E-state index in [0.717, 1.165) is 0 Å². The molecule has 0 saturated heterocycles. The fraction of sp³-hybridized carbons (Fsp3) is 0.0588. The fourth-order valence-corrected chi connectivity index (χ4v) is 2.57. The third kappa shape index (κ3) is 3.09. The minimum Gasteiger partial charge on any atom is -0.497 e. The topological polar surface area (TPSA) is 64.4 Å². The van der Waals surface area contributed by atoms with Crippen LogP contribution in [-0.2, 0) is 0 Å². The van der Waals surface area contributed by atoms with Crippen molar-refractivity contribution in [2.45, 2.75) is 0 Å². The maximum absolute atomic E-state index is 11.3. The molecule has 0 spiro atoms. The molecule has 0 radical (unpaired) electrons. The summed E-state index contributed by atoms with van der Waals surface area (Å²) in [6, 6.07) is 13.7. The van der Waals surface area contributed by atoms with Crippen molar-refractivity contribution in [1.82, 2.24) is 9.78 Å². The minimum absolute atomic E-state index is 0.0631. The highest BCUT2D eigenvalue weighted by Crippen LogP contribution is 2.30. The Bertz CT molecular complexity index is 905. The van der Waals surface area contributed by atoms with E-state index in [1.165, 1.54) is 6.07 Å². The Hall–Kier alpha value is -2.50. The first-order valence-electron chi connectivity index (χ1n) is 6.93. The van der Waals surface area contributed by atoms with Gasteiger partial charge in [0.2, 0.25) is 0 Å². The predicted octanol–water partition coefficient (Wildman–Crippen LogP) is 4.55. The van der Waals surface area contributed by atoms with Crippen LogP contribution in [0.15, 0.2) is 48.5 Å². The average Bonchev–Trinajstić information content (AvgIpc) is 3.03. The van der Waals surface area contributed by atoms with Gasteiger partial charge in [0.25, 0.3) is 0 Å². The van der Waals surface area contributed by atoms with Gasteiger partial charge in [0.15, 0.2) is 5.69 Å². The second kappa shape index (κ2) is 6.55. The van der Waals surface area contributed by atoms with Crippen LogP contribution in [0, 0.1) is 0 Å². The molecule has 1 heterocycles. The Balaban J connectivity index is 2.16. The lowest BCUT2D eigenvalue weighted by Gasteiger charge is -2.09. The molecule has 1 N–H and O–H groups in total. The van der Waals surface area contributed by atoms with Crippen molar-refractivity contribution in [3.05, 3.63) is 64.3 Å². The molecule has 3 rings (SSSR count). The number of benzene rings is 2. The fourth-order valence-electron chi connectivity index (χ4n) is 2.27. The monoisotopic (exact) mass is 362 g/mol. The van der Waals surface area contributed by atoms with Crippen LogP contribution in [-0.4, -0.2) is 28.0 Å². The van der Waals surface area contributed by atoms with Crippen molar-refractivity contribution >= 4 is 29.2 Å². The van der Waals surface area contributed by atoms with E-state index in [-0.39, 0.29) is 5.69 Å². The van der Waals surface area contributed by atoms with Crippen LogP contribution in [0.25, 0.3) is 16.9 Å². The molecule has 24 heavy (non-hydrogen) atoms. The van der Waals surface area contributed by atoms with Gasteiger partial charge in [0.1, 0.15) is 5.75 Å². The van der Waals surface area contributed by atoms with Gasteiger partial charge in [-0.2, -0.15) is 5.10 Å². The van der Waals surface area contributed by atoms with Crippen molar-refractivity contribution in [3.63, 3.8) is 0 Å². The van der Waals surface area contributed by atoms with E-state index in [9.17, 15) is 9.90 Å². The zero-order valence-electron chi connectivity index (χ0n) is 12.5. The SMILES string of the molecule is COc1ccc(-n2nc(C(=O)O)cc2-c2ccc(Cl)c(Cl)c2)cc1. The molecule has 0 amide bonds. The quantitative estimate of drug-likeness (QED) is 0.739. The van der Waals surface area contributed by atoms with Gasteiger partial charge in [0.05, 0.1) is 28.5 Å². The zero-order chi connectivity index (χ0) is 17.3. The summed E-state index contributed by atoms with van der Waals surface area (Å²) >= 11 is 12.0.